The van der Waals surface area contributed by atoms with Crippen LogP contribution in [-0.2, 0) is 0 Å². The maximum absolute atomic E-state index is 5.28. The van der Waals surface area contributed by atoms with Crippen molar-refractivity contribution in [1.29, 1.82) is 0 Å². The molecule has 0 amide bonds. The molecule has 4 nitrogen and oxygen atoms in total. The largest absolute Gasteiger partial charge is 0.309 e. The number of thiophene rings is 2. The van der Waals surface area contributed by atoms with Gasteiger partial charge in [-0.15, -0.1) is 22.7 Å². The molecule has 0 aliphatic rings. The molecule has 0 aliphatic heterocycles. The van der Waals surface area contributed by atoms with E-state index in [0.29, 0.717) is 17.5 Å². The summed E-state index contributed by atoms with van der Waals surface area (Å²) in [4.78, 5) is 15.8. The quantitative estimate of drug-likeness (QED) is 0.181. The molecule has 55 heavy (non-hydrogen) atoms. The van der Waals surface area contributed by atoms with Crippen molar-refractivity contribution in [2.75, 3.05) is 0 Å². The number of fused-ring (bicyclic) bond motifs is 10. The van der Waals surface area contributed by atoms with Gasteiger partial charge in [-0.3, -0.25) is 0 Å². The number of aromatic nitrogens is 4. The molecule has 0 fully saturated rings. The average Bonchev–Trinajstić information content (AvgIpc) is 3.92. The summed E-state index contributed by atoms with van der Waals surface area (Å²) in [5.41, 5.74) is 6.42. The predicted molar refractivity (Wildman–Crippen MR) is 234 cm³/mol. The molecule has 0 atom stereocenters. The summed E-state index contributed by atoms with van der Waals surface area (Å²) in [5, 5.41) is 9.90. The van der Waals surface area contributed by atoms with E-state index in [4.69, 9.17) is 15.0 Å². The summed E-state index contributed by atoms with van der Waals surface area (Å²) in [7, 11) is 0. The first-order chi connectivity index (χ1) is 27.2. The number of hydrogen-bond donors (Lipinski definition) is 0. The molecule has 0 saturated carbocycles. The van der Waals surface area contributed by atoms with E-state index in [2.05, 4.69) is 174 Å². The normalized spacial score (nSPS) is 12.0. The van der Waals surface area contributed by atoms with Gasteiger partial charge in [0.1, 0.15) is 0 Å². The SMILES string of the molecule is c1ccc2cc3c(cc2c1)c1ccccc1n3-c1ccc(-c2nc(-c3cccc4c3sc3ccccc34)nc(-c3cccc4c3sc3ccccc34)n2)cc1. The van der Waals surface area contributed by atoms with Crippen molar-refractivity contribution in [3.63, 3.8) is 0 Å². The Hall–Kier alpha value is -6.73. The molecule has 4 aromatic heterocycles. The first-order valence-corrected chi connectivity index (χ1v) is 20.0. The van der Waals surface area contributed by atoms with Crippen LogP contribution >= 0.6 is 22.7 Å². The highest BCUT2D eigenvalue weighted by atomic mass is 32.1. The molecule has 0 bridgehead atoms. The van der Waals surface area contributed by atoms with Crippen LogP contribution < -0.4 is 0 Å². The van der Waals surface area contributed by atoms with E-state index in [1.807, 2.05) is 0 Å². The Labute approximate surface area is 323 Å². The Kier molecular flexibility index (Phi) is 6.64. The van der Waals surface area contributed by atoms with E-state index in [0.717, 1.165) is 22.4 Å². The van der Waals surface area contributed by atoms with Gasteiger partial charge in [-0.25, -0.2) is 15.0 Å². The number of nitrogens with zero attached hydrogens (tertiary/aromatic N) is 4. The number of hydrogen-bond acceptors (Lipinski definition) is 5. The zero-order valence-corrected chi connectivity index (χ0v) is 30.9. The van der Waals surface area contributed by atoms with Crippen LogP contribution in [0.15, 0.2) is 170 Å². The average molecular weight is 737 g/mol. The Morgan fingerprint density at radius 3 is 1.51 bits per heavy atom. The molecule has 6 heteroatoms. The summed E-state index contributed by atoms with van der Waals surface area (Å²) >= 11 is 3.59. The summed E-state index contributed by atoms with van der Waals surface area (Å²) in [6, 6.07) is 60.7. The van der Waals surface area contributed by atoms with Gasteiger partial charge in [0.05, 0.1) is 11.0 Å². The lowest BCUT2D eigenvalue weighted by Gasteiger charge is -2.11. The molecule has 8 aromatic carbocycles. The van der Waals surface area contributed by atoms with E-state index in [1.165, 1.54) is 72.9 Å². The first-order valence-electron chi connectivity index (χ1n) is 18.4. The molecule has 0 radical (unpaired) electrons. The third kappa shape index (κ3) is 4.72. The molecular weight excluding hydrogens is 709 g/mol. The van der Waals surface area contributed by atoms with Gasteiger partial charge in [0.25, 0.3) is 0 Å². The maximum Gasteiger partial charge on any atom is 0.165 e. The molecule has 12 rings (SSSR count). The lowest BCUT2D eigenvalue weighted by molar-refractivity contribution is 1.08. The Morgan fingerprint density at radius 2 is 0.873 bits per heavy atom. The third-order valence-corrected chi connectivity index (χ3v) is 13.3. The van der Waals surface area contributed by atoms with Crippen LogP contribution in [0.2, 0.25) is 0 Å². The van der Waals surface area contributed by atoms with Crippen LogP contribution in [0, 0.1) is 0 Å². The third-order valence-electron chi connectivity index (χ3n) is 10.8. The van der Waals surface area contributed by atoms with Gasteiger partial charge in [-0.1, -0.05) is 103 Å². The fraction of sp³-hybridized carbons (Fsp3) is 0. The Balaban J connectivity index is 1.07. The van der Waals surface area contributed by atoms with Crippen LogP contribution in [-0.4, -0.2) is 19.5 Å². The van der Waals surface area contributed by atoms with E-state index < -0.39 is 0 Å². The van der Waals surface area contributed by atoms with E-state index in [-0.39, 0.29) is 0 Å². The molecule has 0 unspecified atom stereocenters. The van der Waals surface area contributed by atoms with Crippen LogP contribution in [0.4, 0.5) is 0 Å². The number of benzene rings is 8. The molecule has 0 aliphatic carbocycles. The van der Waals surface area contributed by atoms with Crippen molar-refractivity contribution in [2.45, 2.75) is 0 Å². The zero-order chi connectivity index (χ0) is 36.0. The van der Waals surface area contributed by atoms with Crippen LogP contribution in [0.1, 0.15) is 0 Å². The second-order valence-electron chi connectivity index (χ2n) is 14.0. The summed E-state index contributed by atoms with van der Waals surface area (Å²) in [6.07, 6.45) is 0. The smallest absolute Gasteiger partial charge is 0.165 e. The monoisotopic (exact) mass is 736 g/mol. The first kappa shape index (κ1) is 30.7. The molecule has 0 saturated heterocycles. The fourth-order valence-corrected chi connectivity index (χ4v) is 10.7. The molecule has 256 valence electrons. The van der Waals surface area contributed by atoms with E-state index >= 15 is 0 Å². The standard InChI is InChI=1S/C49H28N4S2/c1-2-12-31-28-42-40(27-30(31)11-1)33-13-3-6-20-41(33)53(42)32-25-23-29(24-26-32)47-50-48(38-18-9-16-36-34-14-4-7-21-43(34)54-45(36)38)52-49(51-47)39-19-10-17-37-35-15-5-8-22-44(35)55-46(37)39/h1-28H. The summed E-state index contributed by atoms with van der Waals surface area (Å²) in [5.74, 6) is 2.00. The number of rotatable bonds is 4. The number of para-hydroxylation sites is 1. The van der Waals surface area contributed by atoms with Crippen LogP contribution in [0.5, 0.6) is 0 Å². The molecule has 0 spiro atoms. The van der Waals surface area contributed by atoms with Crippen molar-refractivity contribution in [3.8, 4) is 39.9 Å². The van der Waals surface area contributed by atoms with Gasteiger partial charge in [0, 0.05) is 73.5 Å². The second-order valence-corrected chi connectivity index (χ2v) is 16.1. The van der Waals surface area contributed by atoms with Crippen molar-refractivity contribution < 1.29 is 0 Å². The molecular formula is C49H28N4S2. The predicted octanol–water partition coefficient (Wildman–Crippen LogP) is 13.9. The minimum absolute atomic E-state index is 0.649. The molecule has 4 heterocycles. The summed E-state index contributed by atoms with van der Waals surface area (Å²) in [6.45, 7) is 0. The Morgan fingerprint density at radius 1 is 0.364 bits per heavy atom. The maximum atomic E-state index is 5.28. The van der Waals surface area contributed by atoms with Gasteiger partial charge in [0.2, 0.25) is 0 Å². The Bertz CT molecular complexity index is 3370. The van der Waals surface area contributed by atoms with Gasteiger partial charge < -0.3 is 4.57 Å². The van der Waals surface area contributed by atoms with Crippen molar-refractivity contribution in [2.24, 2.45) is 0 Å². The lowest BCUT2D eigenvalue weighted by atomic mass is 10.1. The molecule has 0 N–H and O–H groups in total. The minimum atomic E-state index is 0.649. The minimum Gasteiger partial charge on any atom is -0.309 e. The lowest BCUT2D eigenvalue weighted by Crippen LogP contribution is -2.01. The van der Waals surface area contributed by atoms with Crippen molar-refractivity contribution >= 4 is 95.6 Å². The summed E-state index contributed by atoms with van der Waals surface area (Å²) < 4.78 is 7.24. The topological polar surface area (TPSA) is 43.6 Å². The van der Waals surface area contributed by atoms with Gasteiger partial charge >= 0.3 is 0 Å². The fourth-order valence-electron chi connectivity index (χ4n) is 8.29. The second kappa shape index (κ2) is 11.9. The molecule has 12 aromatic rings. The highest BCUT2D eigenvalue weighted by Gasteiger charge is 2.20. The highest BCUT2D eigenvalue weighted by molar-refractivity contribution is 7.26. The van der Waals surface area contributed by atoms with Gasteiger partial charge in [-0.05, 0) is 77.5 Å². The van der Waals surface area contributed by atoms with Crippen LogP contribution in [0.25, 0.3) is 113 Å². The van der Waals surface area contributed by atoms with Gasteiger partial charge in [-0.2, -0.15) is 0 Å². The zero-order valence-electron chi connectivity index (χ0n) is 29.3. The van der Waals surface area contributed by atoms with Gasteiger partial charge in [0.15, 0.2) is 17.5 Å². The van der Waals surface area contributed by atoms with E-state index in [9.17, 15) is 0 Å². The highest BCUT2D eigenvalue weighted by Crippen LogP contribution is 2.42. The van der Waals surface area contributed by atoms with Crippen molar-refractivity contribution in [1.82, 2.24) is 19.5 Å². The van der Waals surface area contributed by atoms with Crippen LogP contribution in [0.3, 0.4) is 0 Å². The van der Waals surface area contributed by atoms with E-state index in [1.54, 1.807) is 22.7 Å². The van der Waals surface area contributed by atoms with Crippen molar-refractivity contribution in [3.05, 3.63) is 170 Å².